The van der Waals surface area contributed by atoms with E-state index in [0.29, 0.717) is 22.2 Å². The van der Waals surface area contributed by atoms with Crippen LogP contribution in [0.1, 0.15) is 36.1 Å². The SMILES string of the molecule is COC(NCC(C)C)c1ccc(C(=O)Nc2ccc(Cl)c(-c3ccccn3)c2)cn1. The van der Waals surface area contributed by atoms with Gasteiger partial charge < -0.3 is 10.1 Å². The zero-order valence-corrected chi connectivity index (χ0v) is 18.0. The summed E-state index contributed by atoms with van der Waals surface area (Å²) in [5, 5.41) is 6.75. The maximum absolute atomic E-state index is 12.7. The lowest BCUT2D eigenvalue weighted by Gasteiger charge is -2.18. The van der Waals surface area contributed by atoms with E-state index in [4.69, 9.17) is 16.3 Å². The van der Waals surface area contributed by atoms with Gasteiger partial charge in [0, 0.05) is 37.3 Å². The number of hydrogen-bond acceptors (Lipinski definition) is 5. The first-order valence-electron chi connectivity index (χ1n) is 9.72. The summed E-state index contributed by atoms with van der Waals surface area (Å²) in [6.07, 6.45) is 2.93. The molecule has 1 amide bonds. The molecule has 2 N–H and O–H groups in total. The Kier molecular flexibility index (Phi) is 7.52. The van der Waals surface area contributed by atoms with Crippen LogP contribution in [0.15, 0.2) is 60.9 Å². The summed E-state index contributed by atoms with van der Waals surface area (Å²) < 4.78 is 5.46. The van der Waals surface area contributed by atoms with Gasteiger partial charge in [0.05, 0.1) is 22.0 Å². The predicted octanol–water partition coefficient (Wildman–Crippen LogP) is 4.94. The minimum atomic E-state index is -0.318. The highest BCUT2D eigenvalue weighted by molar-refractivity contribution is 6.33. The van der Waals surface area contributed by atoms with Crippen molar-refractivity contribution >= 4 is 23.2 Å². The normalized spacial score (nSPS) is 12.0. The zero-order valence-electron chi connectivity index (χ0n) is 17.2. The van der Waals surface area contributed by atoms with Crippen molar-refractivity contribution in [1.29, 1.82) is 0 Å². The molecule has 3 aromatic rings. The molecule has 30 heavy (non-hydrogen) atoms. The molecule has 0 spiro atoms. The summed E-state index contributed by atoms with van der Waals surface area (Å²) in [4.78, 5) is 21.4. The van der Waals surface area contributed by atoms with E-state index in [1.165, 1.54) is 0 Å². The van der Waals surface area contributed by atoms with Crippen molar-refractivity contribution in [1.82, 2.24) is 15.3 Å². The van der Waals surface area contributed by atoms with Crippen molar-refractivity contribution in [2.75, 3.05) is 19.0 Å². The lowest BCUT2D eigenvalue weighted by molar-refractivity contribution is 0.0675. The summed E-state index contributed by atoms with van der Waals surface area (Å²) >= 11 is 6.31. The third kappa shape index (κ3) is 5.63. The molecule has 0 saturated heterocycles. The smallest absolute Gasteiger partial charge is 0.257 e. The molecular weight excluding hydrogens is 400 g/mol. The number of carbonyl (C=O) groups is 1. The molecule has 156 valence electrons. The van der Waals surface area contributed by atoms with Crippen LogP contribution in [0.5, 0.6) is 0 Å². The van der Waals surface area contributed by atoms with Gasteiger partial charge in [-0.2, -0.15) is 0 Å². The van der Waals surface area contributed by atoms with Crippen LogP contribution < -0.4 is 10.6 Å². The van der Waals surface area contributed by atoms with Crippen LogP contribution >= 0.6 is 11.6 Å². The predicted molar refractivity (Wildman–Crippen MR) is 119 cm³/mol. The van der Waals surface area contributed by atoms with Gasteiger partial charge in [0.2, 0.25) is 0 Å². The van der Waals surface area contributed by atoms with E-state index >= 15 is 0 Å². The number of ether oxygens (including phenoxy) is 1. The second kappa shape index (κ2) is 10.3. The third-order valence-corrected chi connectivity index (χ3v) is 4.76. The van der Waals surface area contributed by atoms with E-state index in [2.05, 4.69) is 34.4 Å². The number of benzene rings is 1. The van der Waals surface area contributed by atoms with Crippen LogP contribution in [0.25, 0.3) is 11.3 Å². The van der Waals surface area contributed by atoms with Crippen LogP contribution in [0, 0.1) is 5.92 Å². The molecule has 3 rings (SSSR count). The molecule has 0 aliphatic heterocycles. The number of nitrogens with one attached hydrogen (secondary N) is 2. The fourth-order valence-electron chi connectivity index (χ4n) is 2.87. The number of aromatic nitrogens is 2. The number of methoxy groups -OCH3 is 1. The Morgan fingerprint density at radius 2 is 1.97 bits per heavy atom. The van der Waals surface area contributed by atoms with Crippen molar-refractivity contribution in [3.05, 3.63) is 77.2 Å². The number of anilines is 1. The van der Waals surface area contributed by atoms with Gasteiger partial charge in [-0.15, -0.1) is 0 Å². The van der Waals surface area contributed by atoms with Crippen LogP contribution in [0.4, 0.5) is 5.69 Å². The Morgan fingerprint density at radius 3 is 2.60 bits per heavy atom. The summed E-state index contributed by atoms with van der Waals surface area (Å²) in [6, 6.07) is 14.4. The Hall–Kier alpha value is -2.80. The topological polar surface area (TPSA) is 76.1 Å². The van der Waals surface area contributed by atoms with Crippen molar-refractivity contribution in [2.45, 2.75) is 20.1 Å². The highest BCUT2D eigenvalue weighted by atomic mass is 35.5. The van der Waals surface area contributed by atoms with Crippen molar-refractivity contribution < 1.29 is 9.53 Å². The average molecular weight is 425 g/mol. The number of carbonyl (C=O) groups excluding carboxylic acids is 1. The summed E-state index contributed by atoms with van der Waals surface area (Å²) in [6.45, 7) is 5.05. The first kappa shape index (κ1) is 21.9. The number of halogens is 1. The van der Waals surface area contributed by atoms with E-state index in [-0.39, 0.29) is 12.1 Å². The van der Waals surface area contributed by atoms with Crippen LogP contribution in [0.3, 0.4) is 0 Å². The second-order valence-corrected chi connectivity index (χ2v) is 7.66. The zero-order chi connectivity index (χ0) is 21.5. The fourth-order valence-corrected chi connectivity index (χ4v) is 3.09. The maximum atomic E-state index is 12.7. The largest absolute Gasteiger partial charge is 0.361 e. The van der Waals surface area contributed by atoms with E-state index in [1.54, 1.807) is 49.8 Å². The number of hydrogen-bond donors (Lipinski definition) is 2. The van der Waals surface area contributed by atoms with Crippen molar-refractivity contribution in [3.63, 3.8) is 0 Å². The van der Waals surface area contributed by atoms with Gasteiger partial charge in [0.25, 0.3) is 5.91 Å². The minimum Gasteiger partial charge on any atom is -0.361 e. The highest BCUT2D eigenvalue weighted by Crippen LogP contribution is 2.29. The molecule has 0 fully saturated rings. The van der Waals surface area contributed by atoms with E-state index in [1.807, 2.05) is 18.2 Å². The van der Waals surface area contributed by atoms with Gasteiger partial charge in [0.15, 0.2) is 6.23 Å². The average Bonchev–Trinajstić information content (AvgIpc) is 2.76. The molecule has 7 heteroatoms. The Bertz CT molecular complexity index is 978. The quantitative estimate of drug-likeness (QED) is 0.501. The van der Waals surface area contributed by atoms with E-state index < -0.39 is 0 Å². The summed E-state index contributed by atoms with van der Waals surface area (Å²) in [5.41, 5.74) is 3.29. The molecular formula is C23H25ClN4O2. The van der Waals surface area contributed by atoms with Gasteiger partial charge in [-0.25, -0.2) is 0 Å². The Morgan fingerprint density at radius 1 is 1.13 bits per heavy atom. The number of pyridine rings is 2. The molecule has 2 aromatic heterocycles. The Balaban J connectivity index is 1.72. The van der Waals surface area contributed by atoms with Crippen molar-refractivity contribution in [3.8, 4) is 11.3 Å². The molecule has 0 radical (unpaired) electrons. The monoisotopic (exact) mass is 424 g/mol. The number of rotatable bonds is 8. The molecule has 2 heterocycles. The molecule has 0 aliphatic rings. The summed E-state index contributed by atoms with van der Waals surface area (Å²) in [7, 11) is 1.63. The third-order valence-electron chi connectivity index (χ3n) is 4.43. The lowest BCUT2D eigenvalue weighted by Crippen LogP contribution is -2.27. The van der Waals surface area contributed by atoms with Crippen LogP contribution in [-0.2, 0) is 4.74 Å². The number of nitrogens with zero attached hydrogens (tertiary/aromatic N) is 2. The van der Waals surface area contributed by atoms with Gasteiger partial charge in [0.1, 0.15) is 0 Å². The molecule has 1 atom stereocenters. The van der Waals surface area contributed by atoms with Gasteiger partial charge in [-0.1, -0.05) is 31.5 Å². The van der Waals surface area contributed by atoms with Gasteiger partial charge >= 0.3 is 0 Å². The molecule has 6 nitrogen and oxygen atoms in total. The maximum Gasteiger partial charge on any atom is 0.257 e. The first-order valence-corrected chi connectivity index (χ1v) is 10.1. The molecule has 0 saturated carbocycles. The highest BCUT2D eigenvalue weighted by Gasteiger charge is 2.14. The van der Waals surface area contributed by atoms with Crippen molar-refractivity contribution in [2.24, 2.45) is 5.92 Å². The number of amides is 1. The molecule has 0 aliphatic carbocycles. The standard InChI is InChI=1S/C23H25ClN4O2/c1-15(2)13-27-23(30-3)21-10-7-16(14-26-21)22(29)28-17-8-9-19(24)18(12-17)20-6-4-5-11-25-20/h4-12,14-15,23,27H,13H2,1-3H3,(H,28,29). The first-order chi connectivity index (χ1) is 14.5. The van der Waals surface area contributed by atoms with Crippen LogP contribution in [-0.4, -0.2) is 29.5 Å². The second-order valence-electron chi connectivity index (χ2n) is 7.25. The van der Waals surface area contributed by atoms with E-state index in [9.17, 15) is 4.79 Å². The van der Waals surface area contributed by atoms with Gasteiger partial charge in [-0.3, -0.25) is 20.1 Å². The van der Waals surface area contributed by atoms with E-state index in [0.717, 1.165) is 23.5 Å². The lowest BCUT2D eigenvalue weighted by atomic mass is 10.1. The van der Waals surface area contributed by atoms with Crippen LogP contribution in [0.2, 0.25) is 5.02 Å². The Labute approximate surface area is 181 Å². The van der Waals surface area contributed by atoms with Gasteiger partial charge in [-0.05, 0) is 48.4 Å². The molecule has 1 unspecified atom stereocenters. The fraction of sp³-hybridized carbons (Fsp3) is 0.261. The molecule has 1 aromatic carbocycles. The molecule has 0 bridgehead atoms. The minimum absolute atomic E-state index is 0.257. The summed E-state index contributed by atoms with van der Waals surface area (Å²) in [5.74, 6) is 0.232.